The molecule has 0 fully saturated rings. The predicted molar refractivity (Wildman–Crippen MR) is 110 cm³/mol. The topological polar surface area (TPSA) is 105 Å². The third-order valence-electron chi connectivity index (χ3n) is 4.80. The summed E-state index contributed by atoms with van der Waals surface area (Å²) in [7, 11) is 0. The average Bonchev–Trinajstić information content (AvgIpc) is 3.25. The molecule has 30 heavy (non-hydrogen) atoms. The van der Waals surface area contributed by atoms with E-state index in [1.165, 1.54) is 13.2 Å². The molecule has 3 rings (SSSR count). The fourth-order valence-electron chi connectivity index (χ4n) is 3.11. The molecule has 7 nitrogen and oxygen atoms in total. The van der Waals surface area contributed by atoms with Crippen LogP contribution in [0.3, 0.4) is 0 Å². The van der Waals surface area contributed by atoms with Gasteiger partial charge >= 0.3 is 0 Å². The van der Waals surface area contributed by atoms with E-state index in [1.54, 1.807) is 36.4 Å². The number of carbonyl (C=O) groups is 1. The van der Waals surface area contributed by atoms with Crippen molar-refractivity contribution in [2.75, 3.05) is 6.61 Å². The Morgan fingerprint density at radius 2 is 2.00 bits per heavy atom. The van der Waals surface area contributed by atoms with E-state index in [-0.39, 0.29) is 23.2 Å². The van der Waals surface area contributed by atoms with E-state index in [2.05, 4.69) is 6.92 Å². The maximum absolute atomic E-state index is 13.1. The Labute approximate surface area is 173 Å². The number of ether oxygens (including phenoxy) is 1. The van der Waals surface area contributed by atoms with Gasteiger partial charge in [0.05, 0.1) is 25.0 Å². The van der Waals surface area contributed by atoms with Crippen molar-refractivity contribution >= 4 is 5.78 Å². The lowest BCUT2D eigenvalue weighted by molar-refractivity contribution is 0.103. The largest absolute Gasteiger partial charge is 0.494 e. The summed E-state index contributed by atoms with van der Waals surface area (Å²) in [5.41, 5.74) is -0.507. The van der Waals surface area contributed by atoms with Gasteiger partial charge in [0.2, 0.25) is 5.88 Å². The predicted octanol–water partition coefficient (Wildman–Crippen LogP) is 3.79. The van der Waals surface area contributed by atoms with Gasteiger partial charge in [0, 0.05) is 5.56 Å². The molecule has 3 aromatic rings. The molecule has 0 aliphatic heterocycles. The van der Waals surface area contributed by atoms with E-state index in [0.717, 1.165) is 17.4 Å². The molecule has 2 aromatic heterocycles. The molecular formula is C23H22N2O5. The van der Waals surface area contributed by atoms with Crippen LogP contribution in [-0.2, 0) is 6.54 Å². The van der Waals surface area contributed by atoms with Crippen LogP contribution in [0.4, 0.5) is 0 Å². The van der Waals surface area contributed by atoms with Crippen LogP contribution in [0.1, 0.15) is 52.6 Å². The quantitative estimate of drug-likeness (QED) is 0.451. The summed E-state index contributed by atoms with van der Waals surface area (Å²) < 4.78 is 11.8. The van der Waals surface area contributed by atoms with E-state index in [4.69, 9.17) is 9.15 Å². The molecule has 0 saturated heterocycles. The first-order chi connectivity index (χ1) is 14.5. The monoisotopic (exact) mass is 406 g/mol. The Balaban J connectivity index is 2.01. The maximum Gasteiger partial charge on any atom is 0.271 e. The van der Waals surface area contributed by atoms with Crippen LogP contribution in [0, 0.1) is 18.3 Å². The summed E-state index contributed by atoms with van der Waals surface area (Å²) in [5, 5.41) is 20.2. The lowest BCUT2D eigenvalue weighted by atomic mass is 9.97. The lowest BCUT2D eigenvalue weighted by Crippen LogP contribution is -2.27. The zero-order valence-corrected chi connectivity index (χ0v) is 16.8. The number of ketones is 1. The number of aromatic nitrogens is 1. The molecule has 1 N–H and O–H groups in total. The Morgan fingerprint density at radius 3 is 2.60 bits per heavy atom. The van der Waals surface area contributed by atoms with Crippen molar-refractivity contribution in [3.8, 4) is 17.7 Å². The van der Waals surface area contributed by atoms with Gasteiger partial charge in [0.1, 0.15) is 23.1 Å². The molecular weight excluding hydrogens is 384 g/mol. The van der Waals surface area contributed by atoms with Crippen molar-refractivity contribution in [2.45, 2.75) is 33.2 Å². The highest BCUT2D eigenvalue weighted by molar-refractivity contribution is 6.11. The number of nitrogens with zero attached hydrogens (tertiary/aromatic N) is 2. The van der Waals surface area contributed by atoms with Crippen LogP contribution < -0.4 is 10.3 Å². The highest BCUT2D eigenvalue weighted by Gasteiger charge is 2.25. The number of rotatable bonds is 8. The van der Waals surface area contributed by atoms with Crippen molar-refractivity contribution in [3.05, 3.63) is 81.0 Å². The SMILES string of the molecule is CCCCOc1ccc(C(=O)c2c(C)c(C#N)c(=O)n(Cc3ccco3)c2O)cc1. The second-order valence-electron chi connectivity index (χ2n) is 6.84. The summed E-state index contributed by atoms with van der Waals surface area (Å²) in [6.45, 7) is 4.04. The van der Waals surface area contributed by atoms with E-state index in [9.17, 15) is 20.0 Å². The summed E-state index contributed by atoms with van der Waals surface area (Å²) in [6, 6.07) is 11.7. The number of nitriles is 1. The molecule has 1 aromatic carbocycles. The number of carbonyl (C=O) groups excluding carboxylic acids is 1. The molecule has 0 atom stereocenters. The minimum Gasteiger partial charge on any atom is -0.494 e. The molecule has 0 bridgehead atoms. The number of pyridine rings is 1. The van der Waals surface area contributed by atoms with E-state index >= 15 is 0 Å². The van der Waals surface area contributed by atoms with Crippen molar-refractivity contribution in [2.24, 2.45) is 0 Å². The standard InChI is InChI=1S/C23H22N2O5/c1-3-4-11-29-17-9-7-16(8-10-17)21(26)20-15(2)19(13-24)22(27)25(23(20)28)14-18-6-5-12-30-18/h5-10,12,28H,3-4,11,14H2,1-2H3. The molecule has 0 aliphatic carbocycles. The second-order valence-corrected chi connectivity index (χ2v) is 6.84. The summed E-state index contributed by atoms with van der Waals surface area (Å²) in [5.74, 6) is 0.0598. The number of hydrogen-bond donors (Lipinski definition) is 1. The summed E-state index contributed by atoms with van der Waals surface area (Å²) in [4.78, 5) is 25.8. The smallest absolute Gasteiger partial charge is 0.271 e. The first-order valence-electron chi connectivity index (χ1n) is 9.64. The van der Waals surface area contributed by atoms with Gasteiger partial charge in [0.15, 0.2) is 5.78 Å². The molecule has 0 amide bonds. The highest BCUT2D eigenvalue weighted by Crippen LogP contribution is 2.26. The van der Waals surface area contributed by atoms with E-state index in [1.807, 2.05) is 6.07 Å². The molecule has 2 heterocycles. The fourth-order valence-corrected chi connectivity index (χ4v) is 3.11. The van der Waals surface area contributed by atoms with Crippen molar-refractivity contribution in [1.29, 1.82) is 5.26 Å². The minimum absolute atomic E-state index is 0.0858. The van der Waals surface area contributed by atoms with Crippen LogP contribution in [0.15, 0.2) is 51.9 Å². The minimum atomic E-state index is -0.680. The molecule has 154 valence electrons. The van der Waals surface area contributed by atoms with Crippen LogP contribution in [-0.4, -0.2) is 22.1 Å². The van der Waals surface area contributed by atoms with Crippen LogP contribution in [0.5, 0.6) is 11.6 Å². The van der Waals surface area contributed by atoms with Crippen molar-refractivity contribution < 1.29 is 19.1 Å². The van der Waals surface area contributed by atoms with Gasteiger partial charge in [-0.05, 0) is 55.3 Å². The average molecular weight is 406 g/mol. The summed E-state index contributed by atoms with van der Waals surface area (Å²) >= 11 is 0. The number of benzene rings is 1. The van der Waals surface area contributed by atoms with E-state index < -0.39 is 17.2 Å². The van der Waals surface area contributed by atoms with Gasteiger partial charge in [0.25, 0.3) is 5.56 Å². The van der Waals surface area contributed by atoms with E-state index in [0.29, 0.717) is 23.7 Å². The molecule has 0 unspecified atom stereocenters. The van der Waals surface area contributed by atoms with Crippen LogP contribution in [0.25, 0.3) is 0 Å². The Kier molecular flexibility index (Phi) is 6.38. The van der Waals surface area contributed by atoms with Crippen molar-refractivity contribution in [1.82, 2.24) is 4.57 Å². The molecule has 0 aliphatic rings. The fraction of sp³-hybridized carbons (Fsp3) is 0.261. The molecule has 0 saturated carbocycles. The van der Waals surface area contributed by atoms with Gasteiger partial charge in [-0.3, -0.25) is 14.2 Å². The molecule has 7 heteroatoms. The number of unbranched alkanes of at least 4 members (excludes halogenated alkanes) is 1. The van der Waals surface area contributed by atoms with Gasteiger partial charge in [-0.1, -0.05) is 13.3 Å². The van der Waals surface area contributed by atoms with Gasteiger partial charge in [-0.15, -0.1) is 0 Å². The maximum atomic E-state index is 13.1. The first-order valence-corrected chi connectivity index (χ1v) is 9.64. The zero-order valence-electron chi connectivity index (χ0n) is 16.8. The van der Waals surface area contributed by atoms with Crippen LogP contribution >= 0.6 is 0 Å². The molecule has 0 spiro atoms. The van der Waals surface area contributed by atoms with Crippen LogP contribution in [0.2, 0.25) is 0 Å². The Hall–Kier alpha value is -3.79. The first kappa shape index (κ1) is 20.9. The highest BCUT2D eigenvalue weighted by atomic mass is 16.5. The number of hydrogen-bond acceptors (Lipinski definition) is 6. The third kappa shape index (κ3) is 4.13. The van der Waals surface area contributed by atoms with Gasteiger partial charge in [-0.2, -0.15) is 5.26 Å². The second kappa shape index (κ2) is 9.14. The van der Waals surface area contributed by atoms with Gasteiger partial charge < -0.3 is 14.3 Å². The third-order valence-corrected chi connectivity index (χ3v) is 4.80. The summed E-state index contributed by atoms with van der Waals surface area (Å²) in [6.07, 6.45) is 3.39. The van der Waals surface area contributed by atoms with Crippen molar-refractivity contribution in [3.63, 3.8) is 0 Å². The molecule has 0 radical (unpaired) electrons. The normalized spacial score (nSPS) is 10.6. The Bertz CT molecular complexity index is 1140. The number of aromatic hydroxyl groups is 1. The Morgan fingerprint density at radius 1 is 1.27 bits per heavy atom. The lowest BCUT2D eigenvalue weighted by Gasteiger charge is -2.15. The zero-order chi connectivity index (χ0) is 21.7. The number of furan rings is 1. The van der Waals surface area contributed by atoms with Gasteiger partial charge in [-0.25, -0.2) is 0 Å².